The highest BCUT2D eigenvalue weighted by Crippen LogP contribution is 2.24. The third kappa shape index (κ3) is 4.93. The number of rotatable bonds is 8. The van der Waals surface area contributed by atoms with Crippen LogP contribution in [-0.4, -0.2) is 47.3 Å². The van der Waals surface area contributed by atoms with Gasteiger partial charge in [-0.1, -0.05) is 26.0 Å². The summed E-state index contributed by atoms with van der Waals surface area (Å²) in [6, 6.07) is 5.26. The van der Waals surface area contributed by atoms with Crippen LogP contribution >= 0.6 is 0 Å². The number of carbonyl (C=O) groups excluding carboxylic acids is 4. The summed E-state index contributed by atoms with van der Waals surface area (Å²) in [6.07, 6.45) is 1.82. The Morgan fingerprint density at radius 3 is 2.07 bits per heavy atom. The summed E-state index contributed by atoms with van der Waals surface area (Å²) in [6.45, 7) is 7.07. The van der Waals surface area contributed by atoms with E-state index >= 15 is 0 Å². The predicted octanol–water partition coefficient (Wildman–Crippen LogP) is 2.16. The van der Waals surface area contributed by atoms with E-state index in [1.54, 1.807) is 24.3 Å². The van der Waals surface area contributed by atoms with Crippen molar-refractivity contribution in [3.8, 4) is 0 Å². The lowest BCUT2D eigenvalue weighted by Crippen LogP contribution is -2.45. The van der Waals surface area contributed by atoms with E-state index in [0.29, 0.717) is 5.92 Å². The Labute approximate surface area is 159 Å². The average Bonchev–Trinajstić information content (AvgIpc) is 2.88. The first kappa shape index (κ1) is 20.6. The van der Waals surface area contributed by atoms with Crippen LogP contribution in [0.4, 0.5) is 0 Å². The molecule has 2 atom stereocenters. The summed E-state index contributed by atoms with van der Waals surface area (Å²) in [5.74, 6) is -1.73. The molecule has 7 nitrogen and oxygen atoms in total. The minimum Gasteiger partial charge on any atom is -0.454 e. The van der Waals surface area contributed by atoms with E-state index in [-0.39, 0.29) is 17.2 Å². The van der Waals surface area contributed by atoms with E-state index < -0.39 is 36.3 Å². The zero-order valence-electron chi connectivity index (χ0n) is 16.2. The maximum atomic E-state index is 12.4. The second-order valence-corrected chi connectivity index (χ2v) is 7.25. The minimum absolute atomic E-state index is 0.0211. The summed E-state index contributed by atoms with van der Waals surface area (Å²) in [5.41, 5.74) is 0.526. The van der Waals surface area contributed by atoms with Crippen LogP contribution in [0.25, 0.3) is 0 Å². The van der Waals surface area contributed by atoms with Gasteiger partial charge < -0.3 is 10.1 Å². The van der Waals surface area contributed by atoms with Gasteiger partial charge in [0.25, 0.3) is 17.7 Å². The van der Waals surface area contributed by atoms with E-state index in [2.05, 4.69) is 19.2 Å². The molecule has 0 bridgehead atoms. The lowest BCUT2D eigenvalue weighted by molar-refractivity contribution is -0.152. The van der Waals surface area contributed by atoms with Crippen molar-refractivity contribution in [2.75, 3.05) is 6.61 Å². The first-order valence-corrected chi connectivity index (χ1v) is 9.15. The zero-order chi connectivity index (χ0) is 20.1. The molecule has 27 heavy (non-hydrogen) atoms. The molecule has 0 saturated heterocycles. The number of carbonyl (C=O) groups is 4. The highest BCUT2D eigenvalue weighted by Gasteiger charge is 2.41. The molecule has 0 radical (unpaired) electrons. The number of benzene rings is 1. The number of nitrogens with one attached hydrogen (secondary N) is 1. The van der Waals surface area contributed by atoms with Gasteiger partial charge >= 0.3 is 5.97 Å². The van der Waals surface area contributed by atoms with Crippen molar-refractivity contribution in [3.05, 3.63) is 35.4 Å². The molecule has 0 unspecified atom stereocenters. The Bertz CT molecular complexity index is 709. The molecule has 1 aromatic rings. The van der Waals surface area contributed by atoms with Gasteiger partial charge in [0.05, 0.1) is 11.1 Å². The molecule has 1 N–H and O–H groups in total. The highest BCUT2D eigenvalue weighted by molar-refractivity contribution is 6.22. The maximum Gasteiger partial charge on any atom is 0.329 e. The number of amides is 3. The Kier molecular flexibility index (Phi) is 6.71. The molecule has 7 heteroatoms. The van der Waals surface area contributed by atoms with Crippen molar-refractivity contribution < 1.29 is 23.9 Å². The fourth-order valence-corrected chi connectivity index (χ4v) is 2.89. The number of imide groups is 1. The van der Waals surface area contributed by atoms with Crippen molar-refractivity contribution in [1.29, 1.82) is 0 Å². The van der Waals surface area contributed by atoms with Crippen LogP contribution < -0.4 is 5.32 Å². The maximum absolute atomic E-state index is 12.4. The van der Waals surface area contributed by atoms with Gasteiger partial charge in [0.2, 0.25) is 0 Å². The molecular weight excluding hydrogens is 348 g/mol. The average molecular weight is 374 g/mol. The monoisotopic (exact) mass is 374 g/mol. The molecule has 2 rings (SSSR count). The number of hydrogen-bond acceptors (Lipinski definition) is 5. The molecule has 0 aromatic heterocycles. The summed E-state index contributed by atoms with van der Waals surface area (Å²) >= 11 is 0. The Morgan fingerprint density at radius 2 is 1.56 bits per heavy atom. The fourth-order valence-electron chi connectivity index (χ4n) is 2.89. The standard InChI is InChI=1S/C20H26N2O5/c1-12(2)9-10-13(3)21-17(23)11-27-20(26)14(4)22-18(24)15-7-5-6-8-16(15)19(22)25/h5-8,12-14H,9-11H2,1-4H3,(H,21,23)/t13-,14-/m0/s1. The number of nitrogens with zero attached hydrogens (tertiary/aromatic N) is 1. The number of hydrogen-bond donors (Lipinski definition) is 1. The molecule has 146 valence electrons. The second-order valence-electron chi connectivity index (χ2n) is 7.25. The smallest absolute Gasteiger partial charge is 0.329 e. The van der Waals surface area contributed by atoms with Gasteiger partial charge in [-0.15, -0.1) is 0 Å². The minimum atomic E-state index is -1.11. The van der Waals surface area contributed by atoms with Gasteiger partial charge in [-0.25, -0.2) is 4.79 Å². The Hall–Kier alpha value is -2.70. The van der Waals surface area contributed by atoms with Gasteiger partial charge in [0.1, 0.15) is 6.04 Å². The molecule has 1 aliphatic rings. The molecule has 0 spiro atoms. The SMILES string of the molecule is CC(C)CC[C@H](C)NC(=O)COC(=O)[C@H](C)N1C(=O)c2ccccc2C1=O. The molecule has 1 aliphatic heterocycles. The number of fused-ring (bicyclic) bond motifs is 1. The molecule has 0 saturated carbocycles. The lowest BCUT2D eigenvalue weighted by Gasteiger charge is -2.21. The first-order valence-electron chi connectivity index (χ1n) is 9.15. The van der Waals surface area contributed by atoms with Crippen LogP contribution in [0.3, 0.4) is 0 Å². The van der Waals surface area contributed by atoms with E-state index in [9.17, 15) is 19.2 Å². The summed E-state index contributed by atoms with van der Waals surface area (Å²) in [4.78, 5) is 49.8. The van der Waals surface area contributed by atoms with E-state index in [0.717, 1.165) is 17.7 Å². The normalized spacial score (nSPS) is 15.5. The van der Waals surface area contributed by atoms with Crippen LogP contribution in [0.2, 0.25) is 0 Å². The molecule has 0 aliphatic carbocycles. The largest absolute Gasteiger partial charge is 0.454 e. The van der Waals surface area contributed by atoms with Crippen LogP contribution in [0.1, 0.15) is 61.3 Å². The van der Waals surface area contributed by atoms with Crippen LogP contribution in [-0.2, 0) is 14.3 Å². The van der Waals surface area contributed by atoms with E-state index in [4.69, 9.17) is 4.74 Å². The quantitative estimate of drug-likeness (QED) is 0.556. The topological polar surface area (TPSA) is 92.8 Å². The number of ether oxygens (including phenoxy) is 1. The molecular formula is C20H26N2O5. The lowest BCUT2D eigenvalue weighted by atomic mass is 10.0. The Morgan fingerprint density at radius 1 is 1.00 bits per heavy atom. The summed E-state index contributed by atoms with van der Waals surface area (Å²) in [5, 5.41) is 2.77. The second kappa shape index (κ2) is 8.79. The highest BCUT2D eigenvalue weighted by atomic mass is 16.5. The van der Waals surface area contributed by atoms with Gasteiger partial charge in [0.15, 0.2) is 6.61 Å². The van der Waals surface area contributed by atoms with Gasteiger partial charge in [0, 0.05) is 6.04 Å². The fraction of sp³-hybridized carbons (Fsp3) is 0.500. The van der Waals surface area contributed by atoms with E-state index in [1.807, 2.05) is 6.92 Å². The zero-order valence-corrected chi connectivity index (χ0v) is 16.2. The van der Waals surface area contributed by atoms with Gasteiger partial charge in [-0.05, 0) is 44.7 Å². The van der Waals surface area contributed by atoms with Crippen molar-refractivity contribution in [1.82, 2.24) is 10.2 Å². The molecule has 0 fully saturated rings. The molecule has 1 heterocycles. The number of esters is 1. The third-order valence-corrected chi connectivity index (χ3v) is 4.48. The van der Waals surface area contributed by atoms with Gasteiger partial charge in [-0.2, -0.15) is 0 Å². The predicted molar refractivity (Wildman–Crippen MR) is 99.0 cm³/mol. The van der Waals surface area contributed by atoms with E-state index in [1.165, 1.54) is 6.92 Å². The molecule has 1 aromatic carbocycles. The molecule has 3 amide bonds. The Balaban J connectivity index is 1.87. The van der Waals surface area contributed by atoms with Crippen LogP contribution in [0, 0.1) is 5.92 Å². The van der Waals surface area contributed by atoms with Crippen LogP contribution in [0.15, 0.2) is 24.3 Å². The summed E-state index contributed by atoms with van der Waals surface area (Å²) < 4.78 is 5.00. The van der Waals surface area contributed by atoms with Gasteiger partial charge in [-0.3, -0.25) is 19.3 Å². The summed E-state index contributed by atoms with van der Waals surface area (Å²) in [7, 11) is 0. The van der Waals surface area contributed by atoms with Crippen LogP contribution in [0.5, 0.6) is 0 Å². The van der Waals surface area contributed by atoms with Crippen molar-refractivity contribution in [2.45, 2.75) is 52.6 Å². The first-order chi connectivity index (χ1) is 12.7. The van der Waals surface area contributed by atoms with Crippen molar-refractivity contribution in [3.63, 3.8) is 0 Å². The van der Waals surface area contributed by atoms with Crippen molar-refractivity contribution >= 4 is 23.7 Å². The third-order valence-electron chi connectivity index (χ3n) is 4.48. The van der Waals surface area contributed by atoms with Crippen molar-refractivity contribution in [2.24, 2.45) is 5.92 Å².